The standard InChI is InChI=1S/C16H24N2O2S2/c19-13-7-9-15(21)17(13)11-5-3-1-2-4-6-12-18-14(20)8-10-16(18)22/h1-12H2. The minimum Gasteiger partial charge on any atom is -0.307 e. The second kappa shape index (κ2) is 8.67. The van der Waals surface area contributed by atoms with Gasteiger partial charge in [-0.05, 0) is 12.8 Å². The third-order valence-corrected chi connectivity index (χ3v) is 5.17. The lowest BCUT2D eigenvalue weighted by Crippen LogP contribution is -2.29. The molecule has 0 atom stereocenters. The third kappa shape index (κ3) is 4.81. The fourth-order valence-electron chi connectivity index (χ4n) is 2.99. The van der Waals surface area contributed by atoms with Crippen molar-refractivity contribution in [2.24, 2.45) is 0 Å². The number of likely N-dealkylation sites (tertiary alicyclic amines) is 2. The number of amides is 2. The molecule has 2 fully saturated rings. The summed E-state index contributed by atoms with van der Waals surface area (Å²) in [6.45, 7) is 1.57. The molecule has 0 bridgehead atoms. The Morgan fingerprint density at radius 2 is 1.00 bits per heavy atom. The van der Waals surface area contributed by atoms with Crippen molar-refractivity contribution in [3.63, 3.8) is 0 Å². The summed E-state index contributed by atoms with van der Waals surface area (Å²) in [6.07, 6.45) is 9.37. The fraction of sp³-hybridized carbons (Fsp3) is 0.750. The molecular formula is C16H24N2O2S2. The molecule has 0 radical (unpaired) electrons. The average molecular weight is 341 g/mol. The van der Waals surface area contributed by atoms with Crippen LogP contribution in [0.15, 0.2) is 0 Å². The van der Waals surface area contributed by atoms with Crippen molar-refractivity contribution in [2.45, 2.75) is 64.2 Å². The van der Waals surface area contributed by atoms with Gasteiger partial charge in [-0.1, -0.05) is 50.1 Å². The van der Waals surface area contributed by atoms with Crippen molar-refractivity contribution >= 4 is 46.2 Å². The Hall–Kier alpha value is -0.880. The summed E-state index contributed by atoms with van der Waals surface area (Å²) in [5.74, 6) is 0.382. The van der Waals surface area contributed by atoms with Gasteiger partial charge in [-0.2, -0.15) is 0 Å². The van der Waals surface area contributed by atoms with Crippen molar-refractivity contribution < 1.29 is 9.59 Å². The molecule has 0 saturated carbocycles. The SMILES string of the molecule is O=C1CCC(=S)N1CCCCCCCCN1C(=O)CCC1=S. The molecule has 2 rings (SSSR count). The van der Waals surface area contributed by atoms with Gasteiger partial charge < -0.3 is 9.80 Å². The predicted octanol–water partition coefficient (Wildman–Crippen LogP) is 3.23. The van der Waals surface area contributed by atoms with Gasteiger partial charge in [0.2, 0.25) is 11.8 Å². The number of hydrogen-bond acceptors (Lipinski definition) is 4. The summed E-state index contributed by atoms with van der Waals surface area (Å²) in [6, 6.07) is 0. The number of nitrogens with zero attached hydrogens (tertiary/aromatic N) is 2. The molecule has 0 N–H and O–H groups in total. The van der Waals surface area contributed by atoms with Crippen LogP contribution in [0.3, 0.4) is 0 Å². The molecule has 2 aliphatic heterocycles. The Balaban J connectivity index is 1.46. The molecule has 22 heavy (non-hydrogen) atoms. The number of hydrogen-bond donors (Lipinski definition) is 0. The van der Waals surface area contributed by atoms with Crippen molar-refractivity contribution in [3.8, 4) is 0 Å². The van der Waals surface area contributed by atoms with E-state index < -0.39 is 0 Å². The van der Waals surface area contributed by atoms with Crippen molar-refractivity contribution in [1.82, 2.24) is 9.80 Å². The molecule has 0 aromatic rings. The molecule has 2 heterocycles. The van der Waals surface area contributed by atoms with E-state index in [1.807, 2.05) is 0 Å². The highest BCUT2D eigenvalue weighted by atomic mass is 32.1. The van der Waals surface area contributed by atoms with Crippen molar-refractivity contribution in [2.75, 3.05) is 13.1 Å². The van der Waals surface area contributed by atoms with Gasteiger partial charge in [-0.3, -0.25) is 9.59 Å². The lowest BCUT2D eigenvalue weighted by molar-refractivity contribution is -0.126. The number of unbranched alkanes of at least 4 members (excludes halogenated alkanes) is 5. The number of carbonyl (C=O) groups is 2. The highest BCUT2D eigenvalue weighted by Gasteiger charge is 2.25. The molecule has 4 nitrogen and oxygen atoms in total. The van der Waals surface area contributed by atoms with Gasteiger partial charge in [-0.15, -0.1) is 0 Å². The van der Waals surface area contributed by atoms with E-state index in [1.54, 1.807) is 9.80 Å². The molecule has 0 spiro atoms. The lowest BCUT2D eigenvalue weighted by Gasteiger charge is -2.16. The first-order valence-corrected chi connectivity index (χ1v) is 9.07. The second-order valence-electron chi connectivity index (χ2n) is 6.00. The average Bonchev–Trinajstić information content (AvgIpc) is 2.98. The van der Waals surface area contributed by atoms with Gasteiger partial charge in [0, 0.05) is 38.8 Å². The fourth-order valence-corrected chi connectivity index (χ4v) is 3.58. The summed E-state index contributed by atoms with van der Waals surface area (Å²) in [5, 5.41) is 0. The minimum atomic E-state index is 0.191. The van der Waals surface area contributed by atoms with Crippen LogP contribution in [0.1, 0.15) is 64.2 Å². The van der Waals surface area contributed by atoms with Crippen LogP contribution in [0, 0.1) is 0 Å². The van der Waals surface area contributed by atoms with Gasteiger partial charge >= 0.3 is 0 Å². The van der Waals surface area contributed by atoms with Crippen LogP contribution < -0.4 is 0 Å². The molecule has 2 aliphatic rings. The van der Waals surface area contributed by atoms with E-state index in [2.05, 4.69) is 0 Å². The summed E-state index contributed by atoms with van der Waals surface area (Å²) in [4.78, 5) is 28.3. The Bertz CT molecular complexity index is 391. The molecule has 122 valence electrons. The first-order valence-electron chi connectivity index (χ1n) is 8.26. The maximum atomic E-state index is 11.6. The number of thiocarbonyl (C=S) groups is 2. The van der Waals surface area contributed by atoms with E-state index in [4.69, 9.17) is 24.4 Å². The predicted molar refractivity (Wildman–Crippen MR) is 94.8 cm³/mol. The zero-order valence-electron chi connectivity index (χ0n) is 13.0. The molecule has 2 saturated heterocycles. The van der Waals surface area contributed by atoms with Crippen LogP contribution in [0.5, 0.6) is 0 Å². The monoisotopic (exact) mass is 340 g/mol. The Kier molecular flexibility index (Phi) is 6.89. The quantitative estimate of drug-likeness (QED) is 0.477. The molecule has 2 amide bonds. The zero-order chi connectivity index (χ0) is 15.9. The van der Waals surface area contributed by atoms with Gasteiger partial charge in [0.05, 0.1) is 9.98 Å². The van der Waals surface area contributed by atoms with Crippen LogP contribution in [0.2, 0.25) is 0 Å². The lowest BCUT2D eigenvalue weighted by atomic mass is 10.1. The molecule has 0 aromatic carbocycles. The van der Waals surface area contributed by atoms with Crippen LogP contribution in [-0.4, -0.2) is 44.7 Å². The van der Waals surface area contributed by atoms with Crippen molar-refractivity contribution in [1.29, 1.82) is 0 Å². The van der Waals surface area contributed by atoms with Gasteiger partial charge in [0.15, 0.2) is 0 Å². The second-order valence-corrected chi connectivity index (χ2v) is 6.94. The van der Waals surface area contributed by atoms with Crippen molar-refractivity contribution in [3.05, 3.63) is 0 Å². The molecular weight excluding hydrogens is 316 g/mol. The smallest absolute Gasteiger partial charge is 0.227 e. The van der Waals surface area contributed by atoms with E-state index in [0.29, 0.717) is 12.8 Å². The largest absolute Gasteiger partial charge is 0.307 e. The van der Waals surface area contributed by atoms with E-state index in [9.17, 15) is 9.59 Å². The van der Waals surface area contributed by atoms with E-state index >= 15 is 0 Å². The Labute approximate surface area is 143 Å². The molecule has 0 unspecified atom stereocenters. The topological polar surface area (TPSA) is 40.6 Å². The van der Waals surface area contributed by atoms with Crippen LogP contribution >= 0.6 is 24.4 Å². The summed E-state index contributed by atoms with van der Waals surface area (Å²) >= 11 is 10.4. The van der Waals surface area contributed by atoms with Gasteiger partial charge in [0.25, 0.3) is 0 Å². The van der Waals surface area contributed by atoms with Gasteiger partial charge in [0.1, 0.15) is 0 Å². The van der Waals surface area contributed by atoms with Crippen LogP contribution in [0.4, 0.5) is 0 Å². The first kappa shape index (κ1) is 17.5. The highest BCUT2D eigenvalue weighted by molar-refractivity contribution is 7.80. The highest BCUT2D eigenvalue weighted by Crippen LogP contribution is 2.17. The van der Waals surface area contributed by atoms with E-state index in [0.717, 1.165) is 61.6 Å². The van der Waals surface area contributed by atoms with Gasteiger partial charge in [-0.25, -0.2) is 0 Å². The Morgan fingerprint density at radius 1 is 0.636 bits per heavy atom. The van der Waals surface area contributed by atoms with Crippen LogP contribution in [-0.2, 0) is 9.59 Å². The number of carbonyl (C=O) groups excluding carboxylic acids is 2. The summed E-state index contributed by atoms with van der Waals surface area (Å²) in [5.41, 5.74) is 0. The number of rotatable bonds is 9. The maximum Gasteiger partial charge on any atom is 0.227 e. The normalized spacial score (nSPS) is 18.9. The van der Waals surface area contributed by atoms with Crippen LogP contribution in [0.25, 0.3) is 0 Å². The molecule has 6 heteroatoms. The molecule has 0 aliphatic carbocycles. The van der Waals surface area contributed by atoms with E-state index in [1.165, 1.54) is 12.8 Å². The maximum absolute atomic E-state index is 11.6. The minimum absolute atomic E-state index is 0.191. The molecule has 0 aromatic heterocycles. The summed E-state index contributed by atoms with van der Waals surface area (Å²) < 4.78 is 0. The first-order chi connectivity index (χ1) is 10.6. The third-order valence-electron chi connectivity index (χ3n) is 4.32. The Morgan fingerprint density at radius 3 is 1.32 bits per heavy atom. The summed E-state index contributed by atoms with van der Waals surface area (Å²) in [7, 11) is 0. The zero-order valence-corrected chi connectivity index (χ0v) is 14.6. The van der Waals surface area contributed by atoms with E-state index in [-0.39, 0.29) is 11.8 Å².